The van der Waals surface area contributed by atoms with Crippen LogP contribution in [0.3, 0.4) is 0 Å². The molecule has 29 heavy (non-hydrogen) atoms. The Kier molecular flexibility index (Phi) is 6.84. The van der Waals surface area contributed by atoms with Crippen LogP contribution in [-0.2, 0) is 22.7 Å². The van der Waals surface area contributed by atoms with Crippen molar-refractivity contribution in [2.24, 2.45) is 0 Å². The van der Waals surface area contributed by atoms with Crippen molar-refractivity contribution in [3.05, 3.63) is 63.1 Å². The lowest BCUT2D eigenvalue weighted by molar-refractivity contribution is -0.116. The highest BCUT2D eigenvalue weighted by Crippen LogP contribution is 2.32. The number of aromatic nitrogens is 1. The molecule has 0 radical (unpaired) electrons. The molecular weight excluding hydrogens is 366 g/mol. The van der Waals surface area contributed by atoms with Gasteiger partial charge in [-0.2, -0.15) is 5.26 Å². The number of nitrogens with zero attached hydrogens (tertiary/aromatic N) is 2. The molecule has 6 heteroatoms. The van der Waals surface area contributed by atoms with Gasteiger partial charge in [-0.25, -0.2) is 0 Å². The van der Waals surface area contributed by atoms with Crippen molar-refractivity contribution < 1.29 is 9.53 Å². The molecule has 0 bridgehead atoms. The minimum Gasteiger partial charge on any atom is -0.380 e. The molecule has 1 saturated carbocycles. The second-order valence-electron chi connectivity index (χ2n) is 7.63. The normalized spacial score (nSPS) is 14.4. The van der Waals surface area contributed by atoms with Crippen LogP contribution in [0.4, 0.5) is 5.69 Å². The predicted octanol–water partition coefficient (Wildman–Crippen LogP) is 3.86. The second kappa shape index (κ2) is 9.53. The summed E-state index contributed by atoms with van der Waals surface area (Å²) in [7, 11) is 1.51. The molecule has 1 aliphatic carbocycles. The largest absolute Gasteiger partial charge is 0.380 e. The summed E-state index contributed by atoms with van der Waals surface area (Å²) in [6.07, 6.45) is 6.35. The van der Waals surface area contributed by atoms with Crippen molar-refractivity contribution in [3.8, 4) is 6.07 Å². The molecule has 1 aromatic carbocycles. The molecule has 1 heterocycles. The SMILES string of the molecule is COCc1cc(C)n(CC(=O)Nc2ccc(C3CCCCC3)cc2)c(=O)c1C#N. The summed E-state index contributed by atoms with van der Waals surface area (Å²) in [4.78, 5) is 25.1. The number of amides is 1. The zero-order valence-electron chi connectivity index (χ0n) is 17.0. The number of anilines is 1. The van der Waals surface area contributed by atoms with Crippen LogP contribution in [0.15, 0.2) is 35.1 Å². The van der Waals surface area contributed by atoms with Gasteiger partial charge in [0.2, 0.25) is 5.91 Å². The van der Waals surface area contributed by atoms with Crippen molar-refractivity contribution in [1.82, 2.24) is 4.57 Å². The van der Waals surface area contributed by atoms with Crippen LogP contribution < -0.4 is 10.9 Å². The summed E-state index contributed by atoms with van der Waals surface area (Å²) in [5, 5.41) is 12.2. The van der Waals surface area contributed by atoms with Gasteiger partial charge in [-0.3, -0.25) is 9.59 Å². The number of rotatable bonds is 6. The highest BCUT2D eigenvalue weighted by atomic mass is 16.5. The van der Waals surface area contributed by atoms with E-state index in [1.165, 1.54) is 49.3 Å². The Labute approximate surface area is 171 Å². The Balaban J connectivity index is 1.71. The molecule has 1 aliphatic rings. The van der Waals surface area contributed by atoms with Gasteiger partial charge in [0.15, 0.2) is 0 Å². The first-order chi connectivity index (χ1) is 14.0. The number of benzene rings is 1. The van der Waals surface area contributed by atoms with E-state index in [1.807, 2.05) is 18.2 Å². The fraction of sp³-hybridized carbons (Fsp3) is 0.435. The molecule has 152 valence electrons. The third-order valence-electron chi connectivity index (χ3n) is 5.57. The number of ether oxygens (including phenoxy) is 1. The van der Waals surface area contributed by atoms with Crippen LogP contribution in [0.2, 0.25) is 0 Å². The van der Waals surface area contributed by atoms with Crippen molar-refractivity contribution in [2.45, 2.75) is 58.1 Å². The lowest BCUT2D eigenvalue weighted by atomic mass is 9.84. The quantitative estimate of drug-likeness (QED) is 0.808. The van der Waals surface area contributed by atoms with Crippen LogP contribution in [-0.4, -0.2) is 17.6 Å². The van der Waals surface area contributed by atoms with E-state index in [0.717, 1.165) is 0 Å². The summed E-state index contributed by atoms with van der Waals surface area (Å²) in [6, 6.07) is 11.6. The Morgan fingerprint density at radius 3 is 2.55 bits per heavy atom. The molecule has 0 atom stereocenters. The van der Waals surface area contributed by atoms with E-state index in [-0.39, 0.29) is 24.6 Å². The first kappa shape index (κ1) is 20.8. The summed E-state index contributed by atoms with van der Waals surface area (Å²) in [5.41, 5.74) is 2.72. The molecule has 0 aliphatic heterocycles. The van der Waals surface area contributed by atoms with Gasteiger partial charge in [-0.05, 0) is 49.4 Å². The van der Waals surface area contributed by atoms with Crippen molar-refractivity contribution >= 4 is 11.6 Å². The molecule has 2 aromatic rings. The van der Waals surface area contributed by atoms with E-state index in [1.54, 1.807) is 13.0 Å². The van der Waals surface area contributed by atoms with Gasteiger partial charge in [-0.15, -0.1) is 0 Å². The molecule has 1 aromatic heterocycles. The summed E-state index contributed by atoms with van der Waals surface area (Å²) in [6.45, 7) is 1.78. The van der Waals surface area contributed by atoms with Crippen LogP contribution in [0.5, 0.6) is 0 Å². The maximum Gasteiger partial charge on any atom is 0.269 e. The molecule has 0 saturated heterocycles. The minimum atomic E-state index is -0.470. The highest BCUT2D eigenvalue weighted by molar-refractivity contribution is 5.90. The second-order valence-corrected chi connectivity index (χ2v) is 7.63. The molecular formula is C23H27N3O3. The number of aryl methyl sites for hydroxylation is 1. The smallest absolute Gasteiger partial charge is 0.269 e. The van der Waals surface area contributed by atoms with E-state index < -0.39 is 5.56 Å². The van der Waals surface area contributed by atoms with E-state index >= 15 is 0 Å². The fourth-order valence-electron chi connectivity index (χ4n) is 4.04. The number of nitrogens with one attached hydrogen (secondary N) is 1. The monoisotopic (exact) mass is 393 g/mol. The Hall–Kier alpha value is -2.91. The molecule has 3 rings (SSSR count). The molecule has 0 unspecified atom stereocenters. The van der Waals surface area contributed by atoms with Gasteiger partial charge in [0, 0.05) is 24.1 Å². The molecule has 1 fully saturated rings. The topological polar surface area (TPSA) is 84.1 Å². The van der Waals surface area contributed by atoms with Crippen LogP contribution >= 0.6 is 0 Å². The summed E-state index contributed by atoms with van der Waals surface area (Å²) < 4.78 is 6.38. The highest BCUT2D eigenvalue weighted by Gasteiger charge is 2.17. The number of carbonyl (C=O) groups is 1. The third kappa shape index (κ3) is 4.93. The summed E-state index contributed by atoms with van der Waals surface area (Å²) >= 11 is 0. The third-order valence-corrected chi connectivity index (χ3v) is 5.57. The number of pyridine rings is 1. The van der Waals surface area contributed by atoms with E-state index in [2.05, 4.69) is 17.4 Å². The van der Waals surface area contributed by atoms with Crippen LogP contribution in [0.1, 0.15) is 60.4 Å². The van der Waals surface area contributed by atoms with Gasteiger partial charge in [0.25, 0.3) is 5.56 Å². The van der Waals surface area contributed by atoms with Gasteiger partial charge >= 0.3 is 0 Å². The molecule has 0 spiro atoms. The fourth-order valence-corrected chi connectivity index (χ4v) is 4.04. The first-order valence-electron chi connectivity index (χ1n) is 10.1. The summed E-state index contributed by atoms with van der Waals surface area (Å²) in [5.74, 6) is 0.314. The molecule has 6 nitrogen and oxygen atoms in total. The average molecular weight is 393 g/mol. The Bertz CT molecular complexity index is 965. The van der Waals surface area contributed by atoms with Crippen molar-refractivity contribution in [1.29, 1.82) is 5.26 Å². The zero-order chi connectivity index (χ0) is 20.8. The predicted molar refractivity (Wildman–Crippen MR) is 112 cm³/mol. The van der Waals surface area contributed by atoms with E-state index in [0.29, 0.717) is 22.9 Å². The van der Waals surface area contributed by atoms with Gasteiger partial charge in [0.05, 0.1) is 6.61 Å². The van der Waals surface area contributed by atoms with Gasteiger partial charge < -0.3 is 14.6 Å². The molecule has 1 N–H and O–H groups in total. The lowest BCUT2D eigenvalue weighted by Gasteiger charge is -2.22. The Morgan fingerprint density at radius 1 is 1.24 bits per heavy atom. The minimum absolute atomic E-state index is 0.0158. The number of carbonyl (C=O) groups excluding carboxylic acids is 1. The van der Waals surface area contributed by atoms with Gasteiger partial charge in [0.1, 0.15) is 18.2 Å². The maximum atomic E-state index is 12.6. The first-order valence-corrected chi connectivity index (χ1v) is 10.1. The van der Waals surface area contributed by atoms with Crippen molar-refractivity contribution in [2.75, 3.05) is 12.4 Å². The Morgan fingerprint density at radius 2 is 1.93 bits per heavy atom. The number of hydrogen-bond donors (Lipinski definition) is 1. The maximum absolute atomic E-state index is 12.6. The standard InChI is InChI=1S/C23H27N3O3/c1-16-12-19(15-29-2)21(13-24)23(28)26(16)14-22(27)25-20-10-8-18(9-11-20)17-6-4-3-5-7-17/h8-12,17H,3-7,14-15H2,1-2H3,(H,25,27). The van der Waals surface area contributed by atoms with Gasteiger partial charge in [-0.1, -0.05) is 31.4 Å². The molecule has 1 amide bonds. The van der Waals surface area contributed by atoms with E-state index in [4.69, 9.17) is 4.74 Å². The van der Waals surface area contributed by atoms with Crippen LogP contribution in [0.25, 0.3) is 0 Å². The average Bonchev–Trinajstić information content (AvgIpc) is 2.73. The van der Waals surface area contributed by atoms with E-state index in [9.17, 15) is 14.9 Å². The number of methoxy groups -OCH3 is 1. The van der Waals surface area contributed by atoms with Crippen LogP contribution in [0, 0.1) is 18.3 Å². The number of hydrogen-bond acceptors (Lipinski definition) is 4. The van der Waals surface area contributed by atoms with Crippen molar-refractivity contribution in [3.63, 3.8) is 0 Å². The number of nitriles is 1. The lowest BCUT2D eigenvalue weighted by Crippen LogP contribution is -2.31. The zero-order valence-corrected chi connectivity index (χ0v) is 17.0.